The molecule has 1 saturated carbocycles. The molecule has 2 unspecified atom stereocenters. The Kier molecular flexibility index (Phi) is 5.30. The van der Waals surface area contributed by atoms with E-state index in [9.17, 15) is 18.3 Å². The second-order valence-corrected chi connectivity index (χ2v) is 6.80. The number of aliphatic hydroxyl groups excluding tert-OH is 1. The van der Waals surface area contributed by atoms with Crippen LogP contribution < -0.4 is 5.32 Å². The molecule has 0 spiro atoms. The average Bonchev–Trinajstić information content (AvgIpc) is 2.56. The highest BCUT2D eigenvalue weighted by Gasteiger charge is 2.32. The number of piperidine rings is 1. The van der Waals surface area contributed by atoms with Crippen molar-refractivity contribution in [1.82, 2.24) is 9.88 Å². The Morgan fingerprint density at radius 1 is 1.08 bits per heavy atom. The predicted octanol–water partition coefficient (Wildman–Crippen LogP) is 3.28. The first-order valence-corrected chi connectivity index (χ1v) is 8.65. The molecular weight excluding hydrogens is 319 g/mol. The van der Waals surface area contributed by atoms with Crippen LogP contribution in [0.5, 0.6) is 0 Å². The van der Waals surface area contributed by atoms with Gasteiger partial charge < -0.3 is 10.4 Å². The second kappa shape index (κ2) is 7.27. The third-order valence-electron chi connectivity index (χ3n) is 5.14. The summed E-state index contributed by atoms with van der Waals surface area (Å²) in [6.45, 7) is 1.81. The van der Waals surface area contributed by atoms with E-state index in [0.717, 1.165) is 57.5 Å². The summed E-state index contributed by atoms with van der Waals surface area (Å²) in [5.41, 5.74) is -0.728. The van der Waals surface area contributed by atoms with Crippen molar-refractivity contribution < 1.29 is 18.3 Å². The summed E-state index contributed by atoms with van der Waals surface area (Å²) in [5, 5.41) is 13.4. The van der Waals surface area contributed by atoms with Crippen LogP contribution in [0.2, 0.25) is 0 Å². The topological polar surface area (TPSA) is 48.4 Å². The second-order valence-electron chi connectivity index (χ2n) is 6.80. The number of alkyl halides is 3. The first kappa shape index (κ1) is 17.5. The lowest BCUT2D eigenvalue weighted by Gasteiger charge is -2.41. The SMILES string of the molecule is OC1CCCCC1N1CCC(Nc2ccc(C(F)(F)F)cn2)CC1. The van der Waals surface area contributed by atoms with Crippen LogP contribution in [-0.2, 0) is 6.18 Å². The molecule has 0 aromatic carbocycles. The van der Waals surface area contributed by atoms with Gasteiger partial charge in [-0.3, -0.25) is 4.90 Å². The summed E-state index contributed by atoms with van der Waals surface area (Å²) in [4.78, 5) is 6.24. The van der Waals surface area contributed by atoms with E-state index >= 15 is 0 Å². The maximum Gasteiger partial charge on any atom is 0.417 e. The van der Waals surface area contributed by atoms with Gasteiger partial charge in [-0.25, -0.2) is 4.98 Å². The Labute approximate surface area is 140 Å². The number of aliphatic hydroxyl groups is 1. The number of anilines is 1. The zero-order chi connectivity index (χ0) is 17.2. The van der Waals surface area contributed by atoms with Crippen LogP contribution >= 0.6 is 0 Å². The van der Waals surface area contributed by atoms with E-state index in [-0.39, 0.29) is 18.2 Å². The van der Waals surface area contributed by atoms with E-state index in [0.29, 0.717) is 5.82 Å². The fourth-order valence-electron chi connectivity index (χ4n) is 3.75. The zero-order valence-electron chi connectivity index (χ0n) is 13.6. The van der Waals surface area contributed by atoms with Crippen LogP contribution in [0.1, 0.15) is 44.1 Å². The third-order valence-corrected chi connectivity index (χ3v) is 5.14. The normalized spacial score (nSPS) is 27.2. The van der Waals surface area contributed by atoms with Crippen LogP contribution in [0.25, 0.3) is 0 Å². The Bertz CT molecular complexity index is 527. The lowest BCUT2D eigenvalue weighted by atomic mass is 9.89. The zero-order valence-corrected chi connectivity index (χ0v) is 13.6. The van der Waals surface area contributed by atoms with Crippen LogP contribution in [0.15, 0.2) is 18.3 Å². The summed E-state index contributed by atoms with van der Waals surface area (Å²) in [6.07, 6.45) is 2.34. The lowest BCUT2D eigenvalue weighted by molar-refractivity contribution is -0.137. The van der Waals surface area contributed by atoms with Crippen molar-refractivity contribution >= 4 is 5.82 Å². The minimum absolute atomic E-state index is 0.214. The quantitative estimate of drug-likeness (QED) is 0.884. The first-order valence-electron chi connectivity index (χ1n) is 8.65. The number of hydrogen-bond acceptors (Lipinski definition) is 4. The van der Waals surface area contributed by atoms with Gasteiger partial charge in [0.05, 0.1) is 11.7 Å². The summed E-state index contributed by atoms with van der Waals surface area (Å²) >= 11 is 0. The Morgan fingerprint density at radius 3 is 2.38 bits per heavy atom. The number of rotatable bonds is 3. The van der Waals surface area contributed by atoms with Crippen molar-refractivity contribution in [2.75, 3.05) is 18.4 Å². The van der Waals surface area contributed by atoms with Gasteiger partial charge in [0.1, 0.15) is 5.82 Å². The minimum Gasteiger partial charge on any atom is -0.391 e. The molecule has 4 nitrogen and oxygen atoms in total. The van der Waals surface area contributed by atoms with Gasteiger partial charge in [-0.05, 0) is 37.8 Å². The fraction of sp³-hybridized carbons (Fsp3) is 0.706. The Hall–Kier alpha value is -1.34. The molecule has 24 heavy (non-hydrogen) atoms. The predicted molar refractivity (Wildman–Crippen MR) is 85.7 cm³/mol. The van der Waals surface area contributed by atoms with Crippen molar-refractivity contribution in [3.8, 4) is 0 Å². The molecule has 134 valence electrons. The number of halogens is 3. The molecule has 3 rings (SSSR count). The molecule has 2 aliphatic rings. The van der Waals surface area contributed by atoms with Gasteiger partial charge in [0.15, 0.2) is 0 Å². The number of likely N-dealkylation sites (tertiary alicyclic amines) is 1. The summed E-state index contributed by atoms with van der Waals surface area (Å²) in [6, 6.07) is 2.93. The highest BCUT2D eigenvalue weighted by Crippen LogP contribution is 2.29. The summed E-state index contributed by atoms with van der Waals surface area (Å²) in [7, 11) is 0. The third kappa shape index (κ3) is 4.19. The van der Waals surface area contributed by atoms with Gasteiger partial charge in [-0.2, -0.15) is 13.2 Å². The molecule has 1 aliphatic heterocycles. The number of nitrogens with one attached hydrogen (secondary N) is 1. The minimum atomic E-state index is -4.35. The fourth-order valence-corrected chi connectivity index (χ4v) is 3.75. The van der Waals surface area contributed by atoms with E-state index in [2.05, 4.69) is 15.2 Å². The molecule has 0 bridgehead atoms. The molecule has 2 heterocycles. The summed E-state index contributed by atoms with van der Waals surface area (Å²) < 4.78 is 37.6. The van der Waals surface area contributed by atoms with Crippen molar-refractivity contribution in [2.45, 2.75) is 62.9 Å². The van der Waals surface area contributed by atoms with Crippen LogP contribution in [0.3, 0.4) is 0 Å². The van der Waals surface area contributed by atoms with E-state index in [1.54, 1.807) is 0 Å². The molecule has 2 atom stereocenters. The van der Waals surface area contributed by atoms with Crippen LogP contribution in [0.4, 0.5) is 19.0 Å². The molecule has 2 fully saturated rings. The monoisotopic (exact) mass is 343 g/mol. The average molecular weight is 343 g/mol. The number of pyridine rings is 1. The van der Waals surface area contributed by atoms with E-state index in [1.807, 2.05) is 0 Å². The van der Waals surface area contributed by atoms with E-state index < -0.39 is 11.7 Å². The van der Waals surface area contributed by atoms with Gasteiger partial charge in [-0.1, -0.05) is 12.8 Å². The molecule has 7 heteroatoms. The van der Waals surface area contributed by atoms with Crippen LogP contribution in [0, 0.1) is 0 Å². The molecule has 0 radical (unpaired) electrons. The first-order chi connectivity index (χ1) is 11.4. The number of nitrogens with zero attached hydrogens (tertiary/aromatic N) is 2. The standard InChI is InChI=1S/C17H24F3N3O/c18-17(19,20)12-5-6-16(21-11-12)22-13-7-9-23(10-8-13)14-3-1-2-4-15(14)24/h5-6,11,13-15,24H,1-4,7-10H2,(H,21,22). The van der Waals surface area contributed by atoms with Gasteiger partial charge in [0.2, 0.25) is 0 Å². The van der Waals surface area contributed by atoms with E-state index in [4.69, 9.17) is 0 Å². The van der Waals surface area contributed by atoms with Gasteiger partial charge in [0, 0.05) is 31.4 Å². The molecule has 1 aromatic rings. The summed E-state index contributed by atoms with van der Waals surface area (Å²) in [5.74, 6) is 0.485. The molecule has 2 N–H and O–H groups in total. The van der Waals surface area contributed by atoms with Crippen LogP contribution in [-0.4, -0.2) is 46.3 Å². The van der Waals surface area contributed by atoms with E-state index in [1.165, 1.54) is 12.5 Å². The van der Waals surface area contributed by atoms with Gasteiger partial charge in [-0.15, -0.1) is 0 Å². The maximum absolute atomic E-state index is 12.5. The highest BCUT2D eigenvalue weighted by atomic mass is 19.4. The highest BCUT2D eigenvalue weighted by molar-refractivity contribution is 5.37. The molecule has 1 aromatic heterocycles. The largest absolute Gasteiger partial charge is 0.417 e. The van der Waals surface area contributed by atoms with Crippen molar-refractivity contribution in [1.29, 1.82) is 0 Å². The van der Waals surface area contributed by atoms with Gasteiger partial charge >= 0.3 is 6.18 Å². The lowest BCUT2D eigenvalue weighted by Crippen LogP contribution is -2.50. The molecule has 1 saturated heterocycles. The number of hydrogen-bond donors (Lipinski definition) is 2. The molecule has 1 aliphatic carbocycles. The van der Waals surface area contributed by atoms with Gasteiger partial charge in [0.25, 0.3) is 0 Å². The molecule has 0 amide bonds. The molecular formula is C17H24F3N3O. The Balaban J connectivity index is 1.50. The Morgan fingerprint density at radius 2 is 1.79 bits per heavy atom. The number of aromatic nitrogens is 1. The maximum atomic E-state index is 12.5. The van der Waals surface area contributed by atoms with Crippen molar-refractivity contribution in [3.63, 3.8) is 0 Å². The van der Waals surface area contributed by atoms with Crippen molar-refractivity contribution in [2.24, 2.45) is 0 Å². The van der Waals surface area contributed by atoms with Crippen molar-refractivity contribution in [3.05, 3.63) is 23.9 Å². The smallest absolute Gasteiger partial charge is 0.391 e.